The Labute approximate surface area is 155 Å². The highest BCUT2D eigenvalue weighted by Crippen LogP contribution is 2.35. The molecule has 5 heteroatoms. The van der Waals surface area contributed by atoms with Crippen LogP contribution in [0.25, 0.3) is 0 Å². The first-order valence-electron chi connectivity index (χ1n) is 10.1. The number of hydrogen-bond acceptors (Lipinski definition) is 3. The van der Waals surface area contributed by atoms with Gasteiger partial charge in [0.15, 0.2) is 0 Å². The second kappa shape index (κ2) is 7.65. The van der Waals surface area contributed by atoms with Gasteiger partial charge >= 0.3 is 0 Å². The lowest BCUT2D eigenvalue weighted by atomic mass is 9.87. The number of rotatable bonds is 2. The van der Waals surface area contributed by atoms with Gasteiger partial charge in [0.1, 0.15) is 12.4 Å². The van der Waals surface area contributed by atoms with Crippen LogP contribution in [0.2, 0.25) is 0 Å². The van der Waals surface area contributed by atoms with Crippen molar-refractivity contribution in [3.63, 3.8) is 0 Å². The topological polar surface area (TPSA) is 32.8 Å². The summed E-state index contributed by atoms with van der Waals surface area (Å²) in [5, 5.41) is 0. The summed E-state index contributed by atoms with van der Waals surface area (Å²) in [6, 6.07) is 7.04. The number of hydrogen-bond donors (Lipinski definition) is 0. The van der Waals surface area contributed by atoms with Gasteiger partial charge in [-0.1, -0.05) is 31.7 Å². The van der Waals surface area contributed by atoms with Gasteiger partial charge < -0.3 is 14.5 Å². The molecule has 0 atom stereocenters. The van der Waals surface area contributed by atoms with Crippen LogP contribution >= 0.6 is 0 Å². The van der Waals surface area contributed by atoms with Crippen molar-refractivity contribution in [2.24, 2.45) is 0 Å². The Hall–Kier alpha value is -1.46. The summed E-state index contributed by atoms with van der Waals surface area (Å²) in [5.41, 5.74) is 0.366. The van der Waals surface area contributed by atoms with Gasteiger partial charge in [-0.15, -0.1) is 0 Å². The zero-order chi connectivity index (χ0) is 18.0. The van der Waals surface area contributed by atoms with Crippen LogP contribution < -0.4 is 4.90 Å². The zero-order valence-electron chi connectivity index (χ0n) is 15.5. The summed E-state index contributed by atoms with van der Waals surface area (Å²) in [7, 11) is 0. The van der Waals surface area contributed by atoms with Crippen molar-refractivity contribution in [1.82, 2.24) is 4.90 Å². The van der Waals surface area contributed by atoms with E-state index in [1.54, 1.807) is 17.0 Å². The van der Waals surface area contributed by atoms with Gasteiger partial charge in [0.25, 0.3) is 5.91 Å². The van der Waals surface area contributed by atoms with Crippen molar-refractivity contribution >= 4 is 11.6 Å². The molecule has 142 valence electrons. The van der Waals surface area contributed by atoms with Crippen LogP contribution in [0, 0.1) is 5.82 Å². The molecule has 1 aliphatic carbocycles. The Bertz CT molecular complexity index is 635. The number of anilines is 1. The smallest absolute Gasteiger partial charge is 0.253 e. The summed E-state index contributed by atoms with van der Waals surface area (Å²) in [4.78, 5) is 16.7. The van der Waals surface area contributed by atoms with Crippen LogP contribution in [0.1, 0.15) is 51.4 Å². The van der Waals surface area contributed by atoms with E-state index in [-0.39, 0.29) is 23.9 Å². The number of benzene rings is 1. The zero-order valence-corrected chi connectivity index (χ0v) is 15.5. The third-order valence-electron chi connectivity index (χ3n) is 6.42. The largest absolute Gasteiger partial charge is 0.363 e. The molecule has 1 aromatic rings. The number of ether oxygens (including phenoxy) is 1. The van der Waals surface area contributed by atoms with Crippen LogP contribution in [0.4, 0.5) is 10.1 Å². The van der Waals surface area contributed by atoms with E-state index in [1.807, 2.05) is 0 Å². The van der Waals surface area contributed by atoms with Gasteiger partial charge in [0.2, 0.25) is 0 Å². The quantitative estimate of drug-likeness (QED) is 0.753. The number of carbonyl (C=O) groups is 1. The minimum Gasteiger partial charge on any atom is -0.363 e. The molecule has 0 aromatic heterocycles. The minimum atomic E-state index is -0.306. The number of likely N-dealkylation sites (tertiary alicyclic amines) is 1. The Morgan fingerprint density at radius 3 is 2.50 bits per heavy atom. The molecule has 1 spiro atoms. The van der Waals surface area contributed by atoms with Crippen LogP contribution in [0.15, 0.2) is 24.3 Å². The molecule has 0 N–H and O–H groups in total. The van der Waals surface area contributed by atoms with Gasteiger partial charge in [-0.05, 0) is 43.9 Å². The minimum absolute atomic E-state index is 0.0765. The lowest BCUT2D eigenvalue weighted by molar-refractivity contribution is -0.145. The van der Waals surface area contributed by atoms with Crippen molar-refractivity contribution < 1.29 is 13.9 Å². The van der Waals surface area contributed by atoms with Crippen molar-refractivity contribution in [2.45, 2.75) is 63.0 Å². The van der Waals surface area contributed by atoms with E-state index in [0.29, 0.717) is 12.2 Å². The molecular formula is C21H29FN2O2. The monoisotopic (exact) mass is 360 g/mol. The molecule has 1 aromatic carbocycles. The van der Waals surface area contributed by atoms with E-state index in [4.69, 9.17) is 4.74 Å². The van der Waals surface area contributed by atoms with Crippen molar-refractivity contribution in [3.8, 4) is 0 Å². The fraction of sp³-hybridized carbons (Fsp3) is 0.667. The first-order chi connectivity index (χ1) is 12.7. The van der Waals surface area contributed by atoms with E-state index < -0.39 is 0 Å². The van der Waals surface area contributed by atoms with Crippen LogP contribution in [-0.4, -0.2) is 48.7 Å². The maximum Gasteiger partial charge on any atom is 0.253 e. The molecular weight excluding hydrogens is 331 g/mol. The number of nitrogens with zero attached hydrogens (tertiary/aromatic N) is 2. The molecule has 26 heavy (non-hydrogen) atoms. The highest BCUT2D eigenvalue weighted by Gasteiger charge is 2.43. The standard InChI is InChI=1S/C21H29FN2O2/c22-17-6-5-9-19(14-17)24-16-21(26-15-20(24)25)10-12-23(13-11-21)18-7-3-1-2-4-8-18/h5-6,9,14,18H,1-4,7-8,10-13,15-16H2. The van der Waals surface area contributed by atoms with Gasteiger partial charge in [0, 0.05) is 24.8 Å². The summed E-state index contributed by atoms with van der Waals surface area (Å²) in [6.45, 7) is 2.71. The summed E-state index contributed by atoms with van der Waals surface area (Å²) < 4.78 is 19.6. The second-order valence-corrected chi connectivity index (χ2v) is 8.11. The maximum atomic E-state index is 13.6. The number of halogens is 1. The predicted octanol–water partition coefficient (Wildman–Crippen LogP) is 3.75. The van der Waals surface area contributed by atoms with Gasteiger partial charge in [0.05, 0.1) is 12.1 Å². The SMILES string of the molecule is O=C1COC2(CCN(C3CCCCCC3)CC2)CN1c1cccc(F)c1. The molecule has 0 radical (unpaired) electrons. The number of amides is 1. The van der Waals surface area contributed by atoms with Gasteiger partial charge in [-0.25, -0.2) is 4.39 Å². The molecule has 2 heterocycles. The number of morpholine rings is 1. The third kappa shape index (κ3) is 3.79. The Morgan fingerprint density at radius 2 is 1.81 bits per heavy atom. The normalized spacial score (nSPS) is 25.4. The fourth-order valence-electron chi connectivity index (χ4n) is 4.82. The lowest BCUT2D eigenvalue weighted by Crippen LogP contribution is -2.59. The van der Waals surface area contributed by atoms with Gasteiger partial charge in [-0.2, -0.15) is 0 Å². The predicted molar refractivity (Wildman–Crippen MR) is 99.7 cm³/mol. The second-order valence-electron chi connectivity index (χ2n) is 8.11. The van der Waals surface area contributed by atoms with Crippen LogP contribution in [-0.2, 0) is 9.53 Å². The lowest BCUT2D eigenvalue weighted by Gasteiger charge is -2.48. The molecule has 0 bridgehead atoms. The van der Waals surface area contributed by atoms with E-state index in [1.165, 1.54) is 50.7 Å². The highest BCUT2D eigenvalue weighted by atomic mass is 19.1. The van der Waals surface area contributed by atoms with E-state index in [2.05, 4.69) is 4.90 Å². The Balaban J connectivity index is 1.42. The molecule has 2 aliphatic heterocycles. The molecule has 3 aliphatic rings. The molecule has 4 nitrogen and oxygen atoms in total. The Morgan fingerprint density at radius 1 is 1.08 bits per heavy atom. The summed E-state index contributed by atoms with van der Waals surface area (Å²) >= 11 is 0. The maximum absolute atomic E-state index is 13.6. The average Bonchev–Trinajstić information content (AvgIpc) is 2.94. The summed E-state index contributed by atoms with van der Waals surface area (Å²) in [5.74, 6) is -0.383. The molecule has 0 unspecified atom stereocenters. The van der Waals surface area contributed by atoms with Crippen molar-refractivity contribution in [1.29, 1.82) is 0 Å². The number of carbonyl (C=O) groups excluding carboxylic acids is 1. The van der Waals surface area contributed by atoms with Crippen molar-refractivity contribution in [2.75, 3.05) is 31.1 Å². The highest BCUT2D eigenvalue weighted by molar-refractivity contribution is 5.95. The third-order valence-corrected chi connectivity index (χ3v) is 6.42. The van der Waals surface area contributed by atoms with E-state index in [9.17, 15) is 9.18 Å². The van der Waals surface area contributed by atoms with Crippen molar-refractivity contribution in [3.05, 3.63) is 30.1 Å². The molecule has 4 rings (SSSR count). The average molecular weight is 360 g/mol. The van der Waals surface area contributed by atoms with E-state index in [0.717, 1.165) is 32.0 Å². The van der Waals surface area contributed by atoms with Crippen LogP contribution in [0.3, 0.4) is 0 Å². The molecule has 3 fully saturated rings. The molecule has 2 saturated heterocycles. The Kier molecular flexibility index (Phi) is 5.28. The molecule has 1 saturated carbocycles. The molecule has 1 amide bonds. The summed E-state index contributed by atoms with van der Waals surface area (Å²) in [6.07, 6.45) is 9.99. The first kappa shape index (κ1) is 17.9. The first-order valence-corrected chi connectivity index (χ1v) is 10.1. The number of piperidine rings is 1. The van der Waals surface area contributed by atoms with E-state index >= 15 is 0 Å². The van der Waals surface area contributed by atoms with Gasteiger partial charge in [-0.3, -0.25) is 4.79 Å². The van der Waals surface area contributed by atoms with Crippen LogP contribution in [0.5, 0.6) is 0 Å². The fourth-order valence-corrected chi connectivity index (χ4v) is 4.82.